The minimum Gasteiger partial charge on any atom is -0.266 e. The van der Waals surface area contributed by atoms with Crippen molar-refractivity contribution < 1.29 is 4.79 Å². The molecule has 0 saturated carbocycles. The van der Waals surface area contributed by atoms with Gasteiger partial charge in [-0.15, -0.1) is 11.3 Å². The van der Waals surface area contributed by atoms with Gasteiger partial charge in [0.1, 0.15) is 11.6 Å². The van der Waals surface area contributed by atoms with Gasteiger partial charge in [-0.05, 0) is 34.7 Å². The quantitative estimate of drug-likeness (QED) is 0.809. The molecule has 1 aromatic carbocycles. The Kier molecular flexibility index (Phi) is 3.82. The lowest BCUT2D eigenvalue weighted by molar-refractivity contribution is -0.114. The van der Waals surface area contributed by atoms with Gasteiger partial charge in [0, 0.05) is 15.8 Å². The highest BCUT2D eigenvalue weighted by Gasteiger charge is 2.24. The number of hydrogen-bond acceptors (Lipinski definition) is 3. The van der Waals surface area contributed by atoms with E-state index in [1.807, 2.05) is 47.8 Å². The average Bonchev–Trinajstić information content (AvgIpc) is 3.01. The molecule has 0 N–H and O–H groups in total. The number of benzene rings is 1. The number of carbonyl (C=O) groups excluding carboxylic acids is 1. The number of rotatable bonds is 2. The van der Waals surface area contributed by atoms with E-state index in [4.69, 9.17) is 0 Å². The van der Waals surface area contributed by atoms with E-state index in [0.717, 1.165) is 20.5 Å². The van der Waals surface area contributed by atoms with Crippen molar-refractivity contribution in [3.05, 3.63) is 62.3 Å². The molecule has 3 nitrogen and oxygen atoms in total. The maximum absolute atomic E-state index is 12.1. The predicted molar refractivity (Wildman–Crippen MR) is 87.2 cm³/mol. The van der Waals surface area contributed by atoms with Gasteiger partial charge in [-0.3, -0.25) is 4.79 Å². The highest BCUT2D eigenvalue weighted by Crippen LogP contribution is 2.31. The topological polar surface area (TPSA) is 53.2 Å². The molecule has 3 rings (SSSR count). The second-order valence-corrected chi connectivity index (χ2v) is 6.35. The number of dihydropyridines is 1. The summed E-state index contributed by atoms with van der Waals surface area (Å²) in [7, 11) is 0. The Morgan fingerprint density at radius 3 is 2.62 bits per heavy atom. The number of aliphatic imine (C=N–C) groups is 1. The number of nitriles is 1. The third kappa shape index (κ3) is 2.73. The van der Waals surface area contributed by atoms with Crippen molar-refractivity contribution in [3.63, 3.8) is 0 Å². The first kappa shape index (κ1) is 13.9. The van der Waals surface area contributed by atoms with Crippen LogP contribution in [0.2, 0.25) is 0 Å². The number of hydrogen-bond donors (Lipinski definition) is 0. The highest BCUT2D eigenvalue weighted by atomic mass is 79.9. The molecule has 0 radical (unpaired) electrons. The maximum Gasteiger partial charge on any atom is 0.288 e. The van der Waals surface area contributed by atoms with E-state index in [2.05, 4.69) is 20.9 Å². The zero-order chi connectivity index (χ0) is 14.8. The number of allylic oxidation sites excluding steroid dienone is 1. The Morgan fingerprint density at radius 1 is 1.24 bits per heavy atom. The molecule has 102 valence electrons. The third-order valence-corrected chi connectivity index (χ3v) is 4.66. The van der Waals surface area contributed by atoms with Gasteiger partial charge in [0.25, 0.3) is 5.91 Å². The Balaban J connectivity index is 2.04. The smallest absolute Gasteiger partial charge is 0.266 e. The monoisotopic (exact) mass is 356 g/mol. The van der Waals surface area contributed by atoms with Crippen molar-refractivity contribution in [2.24, 2.45) is 4.99 Å². The van der Waals surface area contributed by atoms with Crippen molar-refractivity contribution in [1.29, 1.82) is 5.26 Å². The van der Waals surface area contributed by atoms with E-state index in [0.29, 0.717) is 12.1 Å². The van der Waals surface area contributed by atoms with Crippen LogP contribution in [0, 0.1) is 11.3 Å². The van der Waals surface area contributed by atoms with Crippen LogP contribution in [-0.2, 0) is 4.79 Å². The van der Waals surface area contributed by atoms with E-state index in [1.165, 1.54) is 11.3 Å². The van der Waals surface area contributed by atoms with Gasteiger partial charge in [-0.1, -0.05) is 34.1 Å². The van der Waals surface area contributed by atoms with Crippen LogP contribution in [0.5, 0.6) is 0 Å². The normalized spacial score (nSPS) is 14.9. The van der Waals surface area contributed by atoms with Gasteiger partial charge in [0.15, 0.2) is 0 Å². The van der Waals surface area contributed by atoms with E-state index in [1.54, 1.807) is 0 Å². The lowest BCUT2D eigenvalue weighted by Crippen LogP contribution is -2.15. The van der Waals surface area contributed by atoms with Gasteiger partial charge < -0.3 is 0 Å². The summed E-state index contributed by atoms with van der Waals surface area (Å²) < 4.78 is 0.973. The summed E-state index contributed by atoms with van der Waals surface area (Å²) >= 11 is 4.91. The summed E-state index contributed by atoms with van der Waals surface area (Å²) in [4.78, 5) is 17.1. The molecule has 0 aliphatic carbocycles. The second kappa shape index (κ2) is 5.76. The average molecular weight is 357 g/mol. The van der Waals surface area contributed by atoms with Crippen molar-refractivity contribution >= 4 is 44.5 Å². The molecule has 1 aliphatic rings. The molecule has 21 heavy (non-hydrogen) atoms. The molecule has 1 aromatic heterocycles. The van der Waals surface area contributed by atoms with Crippen LogP contribution >= 0.6 is 27.3 Å². The number of carbonyl (C=O) groups is 1. The fourth-order valence-electron chi connectivity index (χ4n) is 2.19. The van der Waals surface area contributed by atoms with Gasteiger partial charge in [0.05, 0.1) is 5.71 Å². The highest BCUT2D eigenvalue weighted by molar-refractivity contribution is 9.10. The van der Waals surface area contributed by atoms with Crippen molar-refractivity contribution in [1.82, 2.24) is 0 Å². The molecule has 0 atom stereocenters. The first-order valence-corrected chi connectivity index (χ1v) is 7.91. The van der Waals surface area contributed by atoms with Crippen LogP contribution in [0.3, 0.4) is 0 Å². The van der Waals surface area contributed by atoms with Crippen LogP contribution in [0.1, 0.15) is 16.9 Å². The van der Waals surface area contributed by atoms with Crippen LogP contribution in [0.4, 0.5) is 0 Å². The molecule has 0 bridgehead atoms. The lowest BCUT2D eigenvalue weighted by atomic mass is 9.94. The minimum atomic E-state index is -0.454. The summed E-state index contributed by atoms with van der Waals surface area (Å²) in [6.07, 6.45) is 0.497. The molecule has 0 saturated heterocycles. The first-order valence-electron chi connectivity index (χ1n) is 6.24. The van der Waals surface area contributed by atoms with E-state index >= 15 is 0 Å². The first-order chi connectivity index (χ1) is 10.2. The maximum atomic E-state index is 12.1. The molecule has 2 heterocycles. The zero-order valence-electron chi connectivity index (χ0n) is 10.8. The van der Waals surface area contributed by atoms with Gasteiger partial charge in [-0.2, -0.15) is 5.26 Å². The van der Waals surface area contributed by atoms with Crippen molar-refractivity contribution in [2.75, 3.05) is 0 Å². The molecular formula is C16H9BrN2OS. The standard InChI is InChI=1S/C16H9BrN2OS/c17-11-5-3-10(4-6-11)14-8-12(15-2-1-7-21-15)13(9-18)16(20)19-14/h1-7H,8H2. The summed E-state index contributed by atoms with van der Waals surface area (Å²) in [5.41, 5.74) is 2.52. The lowest BCUT2D eigenvalue weighted by Gasteiger charge is -2.15. The van der Waals surface area contributed by atoms with Crippen molar-refractivity contribution in [3.8, 4) is 6.07 Å². The van der Waals surface area contributed by atoms with E-state index in [-0.39, 0.29) is 5.57 Å². The Morgan fingerprint density at radius 2 is 2.00 bits per heavy atom. The molecule has 1 aliphatic heterocycles. The molecule has 0 unspecified atom stereocenters. The summed E-state index contributed by atoms with van der Waals surface area (Å²) in [5.74, 6) is -0.454. The number of amides is 1. The van der Waals surface area contributed by atoms with Crippen LogP contribution in [0.25, 0.3) is 5.57 Å². The van der Waals surface area contributed by atoms with Crippen LogP contribution < -0.4 is 0 Å². The van der Waals surface area contributed by atoms with Crippen LogP contribution in [-0.4, -0.2) is 11.6 Å². The number of thiophene rings is 1. The number of halogens is 1. The molecule has 2 aromatic rings. The number of nitrogens with zero attached hydrogens (tertiary/aromatic N) is 2. The largest absolute Gasteiger partial charge is 0.288 e. The summed E-state index contributed by atoms with van der Waals surface area (Å²) in [6.45, 7) is 0. The second-order valence-electron chi connectivity index (χ2n) is 4.49. The Bertz CT molecular complexity index is 796. The van der Waals surface area contributed by atoms with Gasteiger partial charge in [0.2, 0.25) is 0 Å². The molecule has 1 amide bonds. The zero-order valence-corrected chi connectivity index (χ0v) is 13.2. The molecule has 0 fully saturated rings. The predicted octanol–water partition coefficient (Wildman–Crippen LogP) is 4.21. The third-order valence-electron chi connectivity index (χ3n) is 3.20. The summed E-state index contributed by atoms with van der Waals surface area (Å²) in [6, 6.07) is 13.5. The van der Waals surface area contributed by atoms with Crippen molar-refractivity contribution in [2.45, 2.75) is 6.42 Å². The van der Waals surface area contributed by atoms with Crippen LogP contribution in [0.15, 0.2) is 56.8 Å². The van der Waals surface area contributed by atoms with E-state index < -0.39 is 5.91 Å². The summed E-state index contributed by atoms with van der Waals surface area (Å²) in [5, 5.41) is 11.2. The fraction of sp³-hybridized carbons (Fsp3) is 0.0625. The van der Waals surface area contributed by atoms with E-state index in [9.17, 15) is 10.1 Å². The molecule has 0 spiro atoms. The van der Waals surface area contributed by atoms with Gasteiger partial charge in [-0.25, -0.2) is 4.99 Å². The fourth-order valence-corrected chi connectivity index (χ4v) is 3.23. The molecule has 5 heteroatoms. The SMILES string of the molecule is N#CC1=C(c2cccs2)CC(c2ccc(Br)cc2)=NC1=O. The Labute approximate surface area is 134 Å². The Hall–Kier alpha value is -2.03. The molecular weight excluding hydrogens is 348 g/mol. The minimum absolute atomic E-state index is 0.151. The van der Waals surface area contributed by atoms with Gasteiger partial charge >= 0.3 is 0 Å².